The van der Waals surface area contributed by atoms with Crippen LogP contribution in [0.25, 0.3) is 0 Å². The number of aryl methyl sites for hydroxylation is 1. The lowest BCUT2D eigenvalue weighted by Crippen LogP contribution is -2.36. The monoisotopic (exact) mass is 524 g/mol. The van der Waals surface area contributed by atoms with Crippen LogP contribution in [0, 0.1) is 6.92 Å². The van der Waals surface area contributed by atoms with E-state index in [9.17, 15) is 4.79 Å². The van der Waals surface area contributed by atoms with Crippen molar-refractivity contribution >= 4 is 35.8 Å². The predicted octanol–water partition coefficient (Wildman–Crippen LogP) is 4.02. The number of ether oxygens (including phenoxy) is 1. The molecule has 0 aliphatic carbocycles. The van der Waals surface area contributed by atoms with Crippen LogP contribution >= 0.6 is 24.0 Å². The van der Waals surface area contributed by atoms with Gasteiger partial charge in [0.1, 0.15) is 5.75 Å². The largest absolute Gasteiger partial charge is 0.491 e. The van der Waals surface area contributed by atoms with Crippen molar-refractivity contribution in [3.05, 3.63) is 64.7 Å². The van der Waals surface area contributed by atoms with Crippen LogP contribution in [-0.2, 0) is 13.1 Å². The molecule has 0 heterocycles. The number of aliphatic imine (C=N–C) groups is 1. The van der Waals surface area contributed by atoms with Gasteiger partial charge < -0.3 is 20.7 Å². The van der Waals surface area contributed by atoms with Gasteiger partial charge in [-0.1, -0.05) is 24.3 Å². The van der Waals surface area contributed by atoms with Crippen LogP contribution in [-0.4, -0.2) is 31.6 Å². The second-order valence-electron chi connectivity index (χ2n) is 7.11. The topological polar surface area (TPSA) is 74.8 Å². The van der Waals surface area contributed by atoms with Gasteiger partial charge in [0.05, 0.1) is 6.10 Å². The van der Waals surface area contributed by atoms with Gasteiger partial charge in [-0.2, -0.15) is 0 Å². The highest BCUT2D eigenvalue weighted by Gasteiger charge is 2.08. The maximum absolute atomic E-state index is 11.8. The number of guanidine groups is 1. The van der Waals surface area contributed by atoms with E-state index in [1.807, 2.05) is 45.0 Å². The van der Waals surface area contributed by atoms with Crippen molar-refractivity contribution in [1.29, 1.82) is 0 Å². The van der Waals surface area contributed by atoms with Crippen LogP contribution in [0.2, 0.25) is 0 Å². The molecular formula is C23H33IN4O2. The second-order valence-corrected chi connectivity index (χ2v) is 7.11. The van der Waals surface area contributed by atoms with Crippen LogP contribution in [0.1, 0.15) is 47.8 Å². The van der Waals surface area contributed by atoms with Gasteiger partial charge in [-0.25, -0.2) is 0 Å². The molecule has 2 aromatic carbocycles. The van der Waals surface area contributed by atoms with Gasteiger partial charge >= 0.3 is 0 Å². The molecule has 2 aromatic rings. The average molecular weight is 524 g/mol. The highest BCUT2D eigenvalue weighted by Crippen LogP contribution is 2.21. The van der Waals surface area contributed by atoms with Crippen LogP contribution in [0.5, 0.6) is 5.75 Å². The summed E-state index contributed by atoms with van der Waals surface area (Å²) in [6.07, 6.45) is 0.121. The van der Waals surface area contributed by atoms with Crippen molar-refractivity contribution in [2.24, 2.45) is 4.99 Å². The number of nitrogens with one attached hydrogen (secondary N) is 3. The molecule has 0 radical (unpaired) electrons. The first kappa shape index (κ1) is 25.7. The second kappa shape index (κ2) is 13.1. The SMILES string of the molecule is CCNC(=O)c1ccc(CNC(=NC)NCc2ccc(C)cc2OC(C)C)cc1.I. The lowest BCUT2D eigenvalue weighted by atomic mass is 10.1. The van der Waals surface area contributed by atoms with Gasteiger partial charge in [-0.3, -0.25) is 9.79 Å². The Balaban J connectivity index is 0.00000450. The Kier molecular flexibility index (Phi) is 11.2. The van der Waals surface area contributed by atoms with Gasteiger partial charge in [-0.15, -0.1) is 24.0 Å². The summed E-state index contributed by atoms with van der Waals surface area (Å²) in [7, 11) is 1.74. The first-order valence-corrected chi connectivity index (χ1v) is 10.0. The third-order valence-electron chi connectivity index (χ3n) is 4.27. The number of rotatable bonds is 8. The summed E-state index contributed by atoms with van der Waals surface area (Å²) in [6, 6.07) is 13.8. The van der Waals surface area contributed by atoms with Crippen molar-refractivity contribution in [2.45, 2.75) is 46.9 Å². The number of carbonyl (C=O) groups is 1. The zero-order valence-corrected chi connectivity index (χ0v) is 20.7. The molecule has 0 unspecified atom stereocenters. The summed E-state index contributed by atoms with van der Waals surface area (Å²) in [5.41, 5.74) is 3.98. The van der Waals surface area contributed by atoms with E-state index >= 15 is 0 Å². The highest BCUT2D eigenvalue weighted by atomic mass is 127. The number of halogens is 1. The predicted molar refractivity (Wildman–Crippen MR) is 134 cm³/mol. The molecule has 30 heavy (non-hydrogen) atoms. The molecule has 6 nitrogen and oxygen atoms in total. The molecule has 0 saturated carbocycles. The number of nitrogens with zero attached hydrogens (tertiary/aromatic N) is 1. The minimum Gasteiger partial charge on any atom is -0.491 e. The van der Waals surface area contributed by atoms with Gasteiger partial charge in [0.25, 0.3) is 5.91 Å². The van der Waals surface area contributed by atoms with E-state index in [0.717, 1.165) is 16.9 Å². The fourth-order valence-electron chi connectivity index (χ4n) is 2.79. The van der Waals surface area contributed by atoms with Crippen LogP contribution in [0.4, 0.5) is 0 Å². The Labute approximate surface area is 196 Å². The molecule has 0 atom stereocenters. The minimum absolute atomic E-state index is 0. The van der Waals surface area contributed by atoms with Gasteiger partial charge in [0, 0.05) is 37.8 Å². The lowest BCUT2D eigenvalue weighted by Gasteiger charge is -2.17. The summed E-state index contributed by atoms with van der Waals surface area (Å²) in [6.45, 7) is 9.85. The molecule has 0 aromatic heterocycles. The Morgan fingerprint density at radius 2 is 1.70 bits per heavy atom. The zero-order chi connectivity index (χ0) is 21.2. The molecule has 0 spiro atoms. The van der Waals surface area contributed by atoms with Gasteiger partial charge in [-0.05, 0) is 57.0 Å². The molecule has 164 valence electrons. The van der Waals surface area contributed by atoms with Gasteiger partial charge in [0.15, 0.2) is 5.96 Å². The summed E-state index contributed by atoms with van der Waals surface area (Å²) in [5, 5.41) is 9.43. The molecule has 2 rings (SSSR count). The standard InChI is InChI=1S/C23H32N4O2.HI/c1-6-25-22(28)19-11-8-18(9-12-19)14-26-23(24-5)27-15-20-10-7-17(4)13-21(20)29-16(2)3;/h7-13,16H,6,14-15H2,1-5H3,(H,25,28)(H2,24,26,27);1H. The smallest absolute Gasteiger partial charge is 0.251 e. The maximum Gasteiger partial charge on any atom is 0.251 e. The molecule has 1 amide bonds. The van der Waals surface area contributed by atoms with E-state index in [4.69, 9.17) is 4.74 Å². The number of carbonyl (C=O) groups excluding carboxylic acids is 1. The minimum atomic E-state index is -0.0537. The lowest BCUT2D eigenvalue weighted by molar-refractivity contribution is 0.0956. The van der Waals surface area contributed by atoms with E-state index in [-0.39, 0.29) is 36.0 Å². The quantitative estimate of drug-likeness (QED) is 0.277. The molecule has 0 aliphatic rings. The molecular weight excluding hydrogens is 491 g/mol. The Morgan fingerprint density at radius 3 is 2.30 bits per heavy atom. The number of benzene rings is 2. The van der Waals surface area contributed by atoms with Crippen molar-refractivity contribution < 1.29 is 9.53 Å². The van der Waals surface area contributed by atoms with Crippen LogP contribution < -0.4 is 20.7 Å². The molecule has 3 N–H and O–H groups in total. The van der Waals surface area contributed by atoms with E-state index in [1.165, 1.54) is 5.56 Å². The number of hydrogen-bond donors (Lipinski definition) is 3. The Morgan fingerprint density at radius 1 is 1.03 bits per heavy atom. The summed E-state index contributed by atoms with van der Waals surface area (Å²) >= 11 is 0. The highest BCUT2D eigenvalue weighted by molar-refractivity contribution is 14.0. The fourth-order valence-corrected chi connectivity index (χ4v) is 2.79. The molecule has 7 heteroatoms. The first-order valence-electron chi connectivity index (χ1n) is 10.0. The van der Waals surface area contributed by atoms with E-state index in [1.54, 1.807) is 7.05 Å². The average Bonchev–Trinajstić information content (AvgIpc) is 2.69. The summed E-state index contributed by atoms with van der Waals surface area (Å²) in [4.78, 5) is 16.1. The third-order valence-corrected chi connectivity index (χ3v) is 4.27. The van der Waals surface area contributed by atoms with Crippen molar-refractivity contribution in [1.82, 2.24) is 16.0 Å². The van der Waals surface area contributed by atoms with E-state index in [0.29, 0.717) is 31.2 Å². The van der Waals surface area contributed by atoms with Crippen molar-refractivity contribution in [3.8, 4) is 5.75 Å². The molecule has 0 aliphatic heterocycles. The Hall–Kier alpha value is -2.29. The third kappa shape index (κ3) is 8.22. The van der Waals surface area contributed by atoms with Crippen molar-refractivity contribution in [3.63, 3.8) is 0 Å². The molecule has 0 bridgehead atoms. The Bertz CT molecular complexity index is 836. The summed E-state index contributed by atoms with van der Waals surface area (Å²) < 4.78 is 5.94. The fraction of sp³-hybridized carbons (Fsp3) is 0.391. The zero-order valence-electron chi connectivity index (χ0n) is 18.4. The first-order chi connectivity index (χ1) is 13.9. The molecule has 0 saturated heterocycles. The van der Waals surface area contributed by atoms with E-state index < -0.39 is 0 Å². The number of hydrogen-bond acceptors (Lipinski definition) is 3. The summed E-state index contributed by atoms with van der Waals surface area (Å²) in [5.74, 6) is 1.54. The van der Waals surface area contributed by atoms with Gasteiger partial charge in [0.2, 0.25) is 0 Å². The maximum atomic E-state index is 11.8. The van der Waals surface area contributed by atoms with Crippen LogP contribution in [0.15, 0.2) is 47.5 Å². The van der Waals surface area contributed by atoms with E-state index in [2.05, 4.69) is 46.1 Å². The molecule has 0 fully saturated rings. The van der Waals surface area contributed by atoms with Crippen LogP contribution in [0.3, 0.4) is 0 Å². The van der Waals surface area contributed by atoms with Crippen molar-refractivity contribution in [2.75, 3.05) is 13.6 Å². The number of amides is 1. The normalized spacial score (nSPS) is 10.9.